The summed E-state index contributed by atoms with van der Waals surface area (Å²) in [6.45, 7) is 1.59. The normalized spacial score (nSPS) is 14.8. The first-order chi connectivity index (χ1) is 13.8. The van der Waals surface area contributed by atoms with E-state index in [4.69, 9.17) is 16.3 Å². The third-order valence-corrected chi connectivity index (χ3v) is 7.16. The fourth-order valence-electron chi connectivity index (χ4n) is 3.43. The van der Waals surface area contributed by atoms with Gasteiger partial charge in [-0.1, -0.05) is 11.6 Å². The third kappa shape index (κ3) is 4.91. The first-order valence-corrected chi connectivity index (χ1v) is 11.3. The smallest absolute Gasteiger partial charge is 0.253 e. The van der Waals surface area contributed by atoms with Crippen LogP contribution in [0.5, 0.6) is 5.75 Å². The molecular formula is C21H25ClN2O4S. The Morgan fingerprint density at radius 1 is 1.10 bits per heavy atom. The highest BCUT2D eigenvalue weighted by Gasteiger charge is 2.24. The summed E-state index contributed by atoms with van der Waals surface area (Å²) in [7, 11) is -0.680. The molecule has 0 unspecified atom stereocenters. The molecule has 0 aliphatic carbocycles. The summed E-state index contributed by atoms with van der Waals surface area (Å²) in [5.74, 6) is 0.509. The molecule has 0 N–H and O–H groups in total. The molecule has 8 heteroatoms. The number of methoxy groups -OCH3 is 1. The van der Waals surface area contributed by atoms with Crippen molar-refractivity contribution < 1.29 is 17.9 Å². The van der Waals surface area contributed by atoms with E-state index >= 15 is 0 Å². The van der Waals surface area contributed by atoms with Crippen LogP contribution in [0.3, 0.4) is 0 Å². The van der Waals surface area contributed by atoms with Gasteiger partial charge in [-0.25, -0.2) is 8.42 Å². The first-order valence-electron chi connectivity index (χ1n) is 9.51. The zero-order valence-corrected chi connectivity index (χ0v) is 18.2. The van der Waals surface area contributed by atoms with Crippen LogP contribution >= 0.6 is 11.6 Å². The number of carbonyl (C=O) groups is 1. The molecule has 1 aliphatic heterocycles. The van der Waals surface area contributed by atoms with E-state index in [0.717, 1.165) is 32.4 Å². The second kappa shape index (κ2) is 9.15. The molecule has 1 heterocycles. The average Bonchev–Trinajstić information content (AvgIpc) is 2.74. The second-order valence-corrected chi connectivity index (χ2v) is 9.58. The van der Waals surface area contributed by atoms with Crippen LogP contribution in [0.2, 0.25) is 5.02 Å². The molecule has 0 bridgehead atoms. The van der Waals surface area contributed by atoms with Crippen molar-refractivity contribution in [3.05, 3.63) is 58.6 Å². The zero-order valence-electron chi connectivity index (χ0n) is 16.6. The molecular weight excluding hydrogens is 412 g/mol. The maximum atomic E-state index is 12.9. The van der Waals surface area contributed by atoms with E-state index < -0.39 is 10.0 Å². The number of amides is 1. The van der Waals surface area contributed by atoms with Gasteiger partial charge in [-0.05, 0) is 61.7 Å². The van der Waals surface area contributed by atoms with Gasteiger partial charge < -0.3 is 9.64 Å². The summed E-state index contributed by atoms with van der Waals surface area (Å²) >= 11 is 5.86. The highest BCUT2D eigenvalue weighted by molar-refractivity contribution is 7.89. The summed E-state index contributed by atoms with van der Waals surface area (Å²) in [4.78, 5) is 14.8. The van der Waals surface area contributed by atoms with Crippen molar-refractivity contribution in [3.63, 3.8) is 0 Å². The van der Waals surface area contributed by atoms with Crippen molar-refractivity contribution in [2.24, 2.45) is 0 Å². The Bertz CT molecular complexity index is 971. The molecule has 1 aliphatic rings. The molecule has 3 rings (SSSR count). The number of hydrogen-bond acceptors (Lipinski definition) is 4. The number of sulfonamides is 1. The van der Waals surface area contributed by atoms with E-state index in [1.807, 2.05) is 4.90 Å². The molecule has 6 nitrogen and oxygen atoms in total. The maximum absolute atomic E-state index is 12.9. The largest absolute Gasteiger partial charge is 0.496 e. The summed E-state index contributed by atoms with van der Waals surface area (Å²) in [6, 6.07) is 11.2. The fraction of sp³-hybridized carbons (Fsp3) is 0.381. The molecule has 2 aromatic rings. The van der Waals surface area contributed by atoms with Gasteiger partial charge in [0.15, 0.2) is 0 Å². The van der Waals surface area contributed by atoms with Gasteiger partial charge in [-0.3, -0.25) is 4.79 Å². The molecule has 1 amide bonds. The molecule has 0 spiro atoms. The van der Waals surface area contributed by atoms with Crippen molar-refractivity contribution in [1.29, 1.82) is 0 Å². The van der Waals surface area contributed by atoms with Crippen LogP contribution in [0, 0.1) is 0 Å². The Hall–Kier alpha value is -2.09. The minimum Gasteiger partial charge on any atom is -0.496 e. The van der Waals surface area contributed by atoms with E-state index in [1.165, 1.54) is 30.6 Å². The van der Waals surface area contributed by atoms with Crippen LogP contribution in [0.1, 0.15) is 35.2 Å². The zero-order chi connectivity index (χ0) is 21.0. The van der Waals surface area contributed by atoms with E-state index in [0.29, 0.717) is 21.9 Å². The summed E-state index contributed by atoms with van der Waals surface area (Å²) < 4.78 is 32.4. The second-order valence-electron chi connectivity index (χ2n) is 7.09. The molecule has 0 atom stereocenters. The highest BCUT2D eigenvalue weighted by atomic mass is 35.5. The summed E-state index contributed by atoms with van der Waals surface area (Å²) in [5, 5.41) is 0.470. The first kappa shape index (κ1) is 21.6. The minimum absolute atomic E-state index is 0.0307. The van der Waals surface area contributed by atoms with Crippen LogP contribution in [0.4, 0.5) is 0 Å². The van der Waals surface area contributed by atoms with Crippen LogP contribution in [-0.4, -0.2) is 50.8 Å². The van der Waals surface area contributed by atoms with E-state index in [9.17, 15) is 13.2 Å². The molecule has 156 valence electrons. The number of halogens is 1. The average molecular weight is 437 g/mol. The number of hydrogen-bond donors (Lipinski definition) is 0. The number of likely N-dealkylation sites (tertiary alicyclic amines) is 1. The molecule has 0 saturated carbocycles. The van der Waals surface area contributed by atoms with E-state index in [1.54, 1.807) is 30.3 Å². The Kier molecular flexibility index (Phi) is 6.82. The number of rotatable bonds is 6. The van der Waals surface area contributed by atoms with Crippen LogP contribution < -0.4 is 4.74 Å². The van der Waals surface area contributed by atoms with Gasteiger partial charge in [0.2, 0.25) is 10.0 Å². The lowest BCUT2D eigenvalue weighted by Crippen LogP contribution is -2.35. The third-order valence-electron chi connectivity index (χ3n) is 5.09. The Labute approximate surface area is 177 Å². The minimum atomic E-state index is -3.71. The molecule has 29 heavy (non-hydrogen) atoms. The fourth-order valence-corrected chi connectivity index (χ4v) is 4.70. The van der Waals surface area contributed by atoms with Crippen LogP contribution in [-0.2, 0) is 16.6 Å². The van der Waals surface area contributed by atoms with Crippen molar-refractivity contribution in [2.75, 3.05) is 27.2 Å². The number of nitrogens with zero attached hydrogens (tertiary/aromatic N) is 2. The Morgan fingerprint density at radius 2 is 1.76 bits per heavy atom. The number of benzene rings is 2. The monoisotopic (exact) mass is 436 g/mol. The molecule has 0 radical (unpaired) electrons. The highest BCUT2D eigenvalue weighted by Crippen LogP contribution is 2.26. The van der Waals surface area contributed by atoms with Gasteiger partial charge in [0.05, 0.1) is 12.0 Å². The molecule has 1 saturated heterocycles. The lowest BCUT2D eigenvalue weighted by molar-refractivity contribution is 0.0724. The van der Waals surface area contributed by atoms with Crippen molar-refractivity contribution in [3.8, 4) is 5.75 Å². The van der Waals surface area contributed by atoms with Gasteiger partial charge >= 0.3 is 0 Å². The standard InChI is InChI=1S/C21H25ClN2O4S/c1-23(29(26,27)19-9-7-18(22)8-10-19)15-17-14-16(6-11-20(17)28-2)21(25)24-12-4-3-5-13-24/h6-11,14H,3-5,12-13,15H2,1-2H3. The molecule has 2 aromatic carbocycles. The summed E-state index contributed by atoms with van der Waals surface area (Å²) in [6.07, 6.45) is 3.17. The molecule has 1 fully saturated rings. The van der Waals surface area contributed by atoms with Gasteiger partial charge in [-0.2, -0.15) is 4.31 Å². The van der Waals surface area contributed by atoms with Crippen LogP contribution in [0.25, 0.3) is 0 Å². The topological polar surface area (TPSA) is 66.9 Å². The predicted molar refractivity (Wildman–Crippen MR) is 113 cm³/mol. The lowest BCUT2D eigenvalue weighted by Gasteiger charge is -2.27. The quantitative estimate of drug-likeness (QED) is 0.690. The number of carbonyl (C=O) groups excluding carboxylic acids is 1. The van der Waals surface area contributed by atoms with Gasteiger partial charge in [0, 0.05) is 42.8 Å². The Balaban J connectivity index is 1.85. The van der Waals surface area contributed by atoms with Crippen molar-refractivity contribution in [2.45, 2.75) is 30.7 Å². The van der Waals surface area contributed by atoms with Gasteiger partial charge in [0.1, 0.15) is 5.75 Å². The lowest BCUT2D eigenvalue weighted by atomic mass is 10.1. The van der Waals surface area contributed by atoms with Crippen molar-refractivity contribution in [1.82, 2.24) is 9.21 Å². The van der Waals surface area contributed by atoms with Gasteiger partial charge in [-0.15, -0.1) is 0 Å². The van der Waals surface area contributed by atoms with E-state index in [-0.39, 0.29) is 17.3 Å². The maximum Gasteiger partial charge on any atom is 0.253 e. The van der Waals surface area contributed by atoms with E-state index in [2.05, 4.69) is 0 Å². The predicted octanol–water partition coefficient (Wildman–Crippen LogP) is 3.80. The van der Waals surface area contributed by atoms with Crippen molar-refractivity contribution >= 4 is 27.5 Å². The molecule has 0 aromatic heterocycles. The summed E-state index contributed by atoms with van der Waals surface area (Å²) in [5.41, 5.74) is 1.18. The number of ether oxygens (including phenoxy) is 1. The SMILES string of the molecule is COc1ccc(C(=O)N2CCCCC2)cc1CN(C)S(=O)(=O)c1ccc(Cl)cc1. The Morgan fingerprint density at radius 3 is 2.38 bits per heavy atom. The number of piperidine rings is 1. The van der Waals surface area contributed by atoms with Gasteiger partial charge in [0.25, 0.3) is 5.91 Å². The van der Waals surface area contributed by atoms with Crippen LogP contribution in [0.15, 0.2) is 47.4 Å².